The molecule has 1 aliphatic rings. The third-order valence-electron chi connectivity index (χ3n) is 11.8. The molecular formula is C44H86O23P4. The number of esters is 2. The van der Waals surface area contributed by atoms with Crippen LogP contribution in [0.5, 0.6) is 0 Å². The van der Waals surface area contributed by atoms with E-state index in [9.17, 15) is 77.1 Å². The number of hydrogen-bond donors (Lipinski definition) is 9. The van der Waals surface area contributed by atoms with Crippen LogP contribution >= 0.6 is 31.3 Å². The molecule has 1 saturated carbocycles. The minimum absolute atomic E-state index is 0.0326. The van der Waals surface area contributed by atoms with Gasteiger partial charge in [-0.25, -0.2) is 18.3 Å². The maximum Gasteiger partial charge on any atom is 0.472 e. The van der Waals surface area contributed by atoms with Crippen molar-refractivity contribution in [3.8, 4) is 0 Å². The van der Waals surface area contributed by atoms with Crippen molar-refractivity contribution in [3.63, 3.8) is 0 Å². The molecule has 27 heteroatoms. The third-order valence-corrected chi connectivity index (χ3v) is 14.3. The second-order valence-electron chi connectivity index (χ2n) is 18.3. The van der Waals surface area contributed by atoms with Gasteiger partial charge >= 0.3 is 43.2 Å². The molecular weight excluding hydrogens is 1020 g/mol. The average Bonchev–Trinajstić information content (AvgIpc) is 3.26. The zero-order valence-corrected chi connectivity index (χ0v) is 45.3. The van der Waals surface area contributed by atoms with Crippen LogP contribution < -0.4 is 0 Å². The lowest BCUT2D eigenvalue weighted by atomic mass is 9.85. The summed E-state index contributed by atoms with van der Waals surface area (Å²) >= 11 is 0. The Morgan fingerprint density at radius 2 is 0.817 bits per heavy atom. The van der Waals surface area contributed by atoms with E-state index in [0.29, 0.717) is 37.9 Å². The van der Waals surface area contributed by atoms with Gasteiger partial charge in [-0.3, -0.25) is 37.0 Å². The molecule has 0 saturated heterocycles. The average molecular weight is 1110 g/mol. The van der Waals surface area contributed by atoms with E-state index in [4.69, 9.17) is 18.5 Å². The van der Waals surface area contributed by atoms with Gasteiger partial charge in [-0.05, 0) is 25.7 Å². The van der Waals surface area contributed by atoms with Crippen molar-refractivity contribution < 1.29 is 109 Å². The first kappa shape index (κ1) is 68.0. The van der Waals surface area contributed by atoms with E-state index in [1.165, 1.54) is 44.9 Å². The molecule has 0 spiro atoms. The van der Waals surface area contributed by atoms with Gasteiger partial charge in [0, 0.05) is 19.3 Å². The number of ketones is 1. The minimum Gasteiger partial charge on any atom is -0.466 e. The molecule has 0 heterocycles. The molecule has 71 heavy (non-hydrogen) atoms. The summed E-state index contributed by atoms with van der Waals surface area (Å²) in [7, 11) is -23.0. The fraction of sp³-hybridized carbons (Fsp3) is 0.932. The predicted octanol–water partition coefficient (Wildman–Crippen LogP) is 8.42. The zero-order chi connectivity index (χ0) is 53.4. The Morgan fingerprint density at radius 3 is 1.23 bits per heavy atom. The van der Waals surface area contributed by atoms with E-state index >= 15 is 0 Å². The molecule has 4 unspecified atom stereocenters. The number of phosphoric acid groups is 4. The first-order valence-electron chi connectivity index (χ1n) is 25.5. The van der Waals surface area contributed by atoms with Crippen molar-refractivity contribution in [3.05, 3.63) is 0 Å². The van der Waals surface area contributed by atoms with Gasteiger partial charge in [0.05, 0.1) is 19.6 Å². The van der Waals surface area contributed by atoms with Crippen molar-refractivity contribution in [1.82, 2.24) is 0 Å². The van der Waals surface area contributed by atoms with E-state index in [1.54, 1.807) is 0 Å². The van der Waals surface area contributed by atoms with Crippen LogP contribution in [0.1, 0.15) is 206 Å². The first-order chi connectivity index (χ1) is 33.4. The van der Waals surface area contributed by atoms with Crippen LogP contribution in [0.15, 0.2) is 0 Å². The summed E-state index contributed by atoms with van der Waals surface area (Å²) in [5.74, 6) is -1.28. The lowest BCUT2D eigenvalue weighted by Crippen LogP contribution is -2.65. The first-order valence-corrected chi connectivity index (χ1v) is 31.6. The van der Waals surface area contributed by atoms with Crippen molar-refractivity contribution in [2.45, 2.75) is 249 Å². The Kier molecular flexibility index (Phi) is 36.1. The normalized spacial score (nSPS) is 21.2. The Morgan fingerprint density at radius 1 is 0.437 bits per heavy atom. The van der Waals surface area contributed by atoms with Crippen LogP contribution in [0.4, 0.5) is 0 Å². The lowest BCUT2D eigenvalue weighted by molar-refractivity contribution is -0.209. The fourth-order valence-electron chi connectivity index (χ4n) is 8.17. The van der Waals surface area contributed by atoms with E-state index in [2.05, 4.69) is 20.5 Å². The molecule has 23 nitrogen and oxygen atoms in total. The SMILES string of the molecule is CCCCCCCCCCCCCCCC(=O)O[C@@H](COP(=O)(O)OC1C(O)[C@H](OP(=O)(O)O)C(OP(=O)(O)O)[C@H](OP(=O)(O)O)[C@@H]1O)CC(=O)OCCCCCCCCCCCCCCC(=O)CCC. The van der Waals surface area contributed by atoms with E-state index in [1.807, 2.05) is 6.92 Å². The van der Waals surface area contributed by atoms with Crippen LogP contribution in [0.3, 0.4) is 0 Å². The number of ether oxygens (including phenoxy) is 2. The van der Waals surface area contributed by atoms with Crippen LogP contribution in [-0.2, 0) is 64.7 Å². The van der Waals surface area contributed by atoms with Gasteiger partial charge < -0.3 is 53.9 Å². The summed E-state index contributed by atoms with van der Waals surface area (Å²) in [6, 6.07) is 0. The molecule has 9 N–H and O–H groups in total. The molecule has 0 aromatic carbocycles. The summed E-state index contributed by atoms with van der Waals surface area (Å²) in [6.45, 7) is 3.19. The standard InChI is InChI=1S/C44H86O23P4/c1-3-5-6-7-8-9-10-11-15-18-21-24-27-31-37(46)63-36(33-38(47)61-32-28-25-22-19-16-13-12-14-17-20-23-26-30-35(45)29-4-2)34-62-71(59,60)67-41-39(48)42(64-68(50,51)52)44(66-70(56,57)58)43(40(41)49)65-69(53,54)55/h36,39-44,48-49H,3-34H2,1-2H3,(H,59,60)(H2,50,51,52)(H2,53,54,55)(H2,56,57,58)/t36-,39-,40?,41?,42-,43+,44?/m1/s1. The topological polar surface area (TPSA) is 366 Å². The number of rotatable bonds is 45. The summed E-state index contributed by atoms with van der Waals surface area (Å²) in [6.07, 6.45) is 9.39. The Labute approximate surface area is 419 Å². The molecule has 0 amide bonds. The number of aliphatic hydroxyl groups is 2. The van der Waals surface area contributed by atoms with Gasteiger partial charge in [-0.2, -0.15) is 0 Å². The summed E-state index contributed by atoms with van der Waals surface area (Å²) in [4.78, 5) is 105. The van der Waals surface area contributed by atoms with Gasteiger partial charge in [-0.1, -0.05) is 155 Å². The van der Waals surface area contributed by atoms with Crippen molar-refractivity contribution in [1.29, 1.82) is 0 Å². The second-order valence-corrected chi connectivity index (χ2v) is 23.3. The summed E-state index contributed by atoms with van der Waals surface area (Å²) < 4.78 is 82.2. The molecule has 0 aromatic heterocycles. The number of hydrogen-bond acceptors (Lipinski definition) is 16. The van der Waals surface area contributed by atoms with E-state index in [-0.39, 0.29) is 13.0 Å². The maximum atomic E-state index is 13.3. The van der Waals surface area contributed by atoms with Crippen LogP contribution in [0.2, 0.25) is 0 Å². The molecule has 1 fully saturated rings. The third kappa shape index (κ3) is 35.8. The number of aliphatic hydroxyl groups excluding tert-OH is 2. The van der Waals surface area contributed by atoms with Crippen molar-refractivity contribution >= 4 is 49.0 Å². The summed E-state index contributed by atoms with van der Waals surface area (Å²) in [5, 5.41) is 21.9. The maximum absolute atomic E-state index is 13.3. The molecule has 0 radical (unpaired) electrons. The number of Topliss-reactive ketones (excluding diaryl/α,β-unsaturated/α-hetero) is 1. The highest BCUT2D eigenvalue weighted by Crippen LogP contribution is 2.53. The minimum atomic E-state index is -5.80. The van der Waals surface area contributed by atoms with Gasteiger partial charge in [0.2, 0.25) is 0 Å². The van der Waals surface area contributed by atoms with E-state index in [0.717, 1.165) is 103 Å². The van der Waals surface area contributed by atoms with Gasteiger partial charge in [0.1, 0.15) is 48.5 Å². The second kappa shape index (κ2) is 37.7. The Bertz CT molecular complexity index is 1620. The number of carbonyl (C=O) groups excluding carboxylic acids is 3. The molecule has 0 bridgehead atoms. The largest absolute Gasteiger partial charge is 0.472 e. The number of phosphoric ester groups is 4. The molecule has 1 rings (SSSR count). The van der Waals surface area contributed by atoms with Crippen LogP contribution in [0, 0.1) is 0 Å². The smallest absolute Gasteiger partial charge is 0.466 e. The molecule has 0 aromatic rings. The fourth-order valence-corrected chi connectivity index (χ4v) is 10.8. The molecule has 1 aliphatic carbocycles. The van der Waals surface area contributed by atoms with Crippen molar-refractivity contribution in [2.75, 3.05) is 13.2 Å². The molecule has 8 atom stereocenters. The van der Waals surface area contributed by atoms with Gasteiger partial charge in [-0.15, -0.1) is 0 Å². The Hall–Kier alpha value is -1.03. The number of carbonyl (C=O) groups is 3. The summed E-state index contributed by atoms with van der Waals surface area (Å²) in [5.41, 5.74) is 0. The highest BCUT2D eigenvalue weighted by Gasteiger charge is 2.59. The molecule has 0 aliphatic heterocycles. The molecule has 420 valence electrons. The number of unbranched alkanes of at least 4 members (excludes halogenated alkanes) is 23. The Balaban J connectivity index is 2.85. The van der Waals surface area contributed by atoms with Gasteiger partial charge in [0.25, 0.3) is 0 Å². The van der Waals surface area contributed by atoms with E-state index < -0.39 is 99.0 Å². The highest BCUT2D eigenvalue weighted by atomic mass is 31.2. The lowest BCUT2D eigenvalue weighted by Gasteiger charge is -2.45. The quantitative estimate of drug-likeness (QED) is 0.0157. The monoisotopic (exact) mass is 1110 g/mol. The highest BCUT2D eigenvalue weighted by molar-refractivity contribution is 7.47. The van der Waals surface area contributed by atoms with Crippen LogP contribution in [0.25, 0.3) is 0 Å². The van der Waals surface area contributed by atoms with Crippen LogP contribution in [-0.4, -0.2) is 118 Å². The predicted molar refractivity (Wildman–Crippen MR) is 259 cm³/mol. The van der Waals surface area contributed by atoms with Crippen molar-refractivity contribution in [2.24, 2.45) is 0 Å². The zero-order valence-electron chi connectivity index (χ0n) is 41.7. The van der Waals surface area contributed by atoms with Gasteiger partial charge in [0.15, 0.2) is 0 Å².